The summed E-state index contributed by atoms with van der Waals surface area (Å²) in [5.41, 5.74) is 5.01. The number of sulfonamides is 1. The number of hydrogen-bond donors (Lipinski definition) is 2. The standard InChI is InChI=1S/C25H27ClN2O3S/c1-4-18-9-10-19(5-2)21(14-18)16-27-25(29)20-11-12-23(26)24(15-20)32(30,31)28-22-8-6-7-17(3)13-22/h6-15,28H,4-5,16H2,1-3H3,(H,27,29). The highest BCUT2D eigenvalue weighted by atomic mass is 35.5. The van der Waals surface area contributed by atoms with Crippen LogP contribution in [0.25, 0.3) is 0 Å². The lowest BCUT2D eigenvalue weighted by Crippen LogP contribution is -2.24. The molecule has 0 unspecified atom stereocenters. The number of rotatable bonds is 8. The number of anilines is 1. The molecule has 0 atom stereocenters. The highest BCUT2D eigenvalue weighted by Crippen LogP contribution is 2.25. The molecule has 168 valence electrons. The molecule has 0 bridgehead atoms. The summed E-state index contributed by atoms with van der Waals surface area (Å²) in [5.74, 6) is -0.363. The average Bonchev–Trinajstić information content (AvgIpc) is 2.77. The Morgan fingerprint density at radius 3 is 2.41 bits per heavy atom. The van der Waals surface area contributed by atoms with Crippen molar-refractivity contribution in [1.82, 2.24) is 5.32 Å². The molecule has 0 spiro atoms. The monoisotopic (exact) mass is 470 g/mol. The molecule has 3 aromatic carbocycles. The van der Waals surface area contributed by atoms with Crippen LogP contribution in [0.5, 0.6) is 0 Å². The summed E-state index contributed by atoms with van der Waals surface area (Å²) in [5, 5.41) is 2.95. The Morgan fingerprint density at radius 2 is 1.72 bits per heavy atom. The first-order valence-electron chi connectivity index (χ1n) is 10.5. The van der Waals surface area contributed by atoms with Gasteiger partial charge in [0.05, 0.1) is 5.02 Å². The van der Waals surface area contributed by atoms with E-state index in [1.807, 2.05) is 13.0 Å². The summed E-state index contributed by atoms with van der Waals surface area (Å²) in [4.78, 5) is 12.7. The zero-order chi connectivity index (χ0) is 23.3. The second-order valence-corrected chi connectivity index (χ2v) is 9.67. The first-order valence-corrected chi connectivity index (χ1v) is 12.4. The van der Waals surface area contributed by atoms with Crippen LogP contribution in [0.3, 0.4) is 0 Å². The SMILES string of the molecule is CCc1ccc(CC)c(CNC(=O)c2ccc(Cl)c(S(=O)(=O)Nc3cccc(C)c3)c2)c1. The molecular weight excluding hydrogens is 444 g/mol. The minimum atomic E-state index is -3.97. The van der Waals surface area contributed by atoms with Gasteiger partial charge in [0.15, 0.2) is 0 Å². The second-order valence-electron chi connectivity index (χ2n) is 7.61. The molecule has 0 aliphatic carbocycles. The van der Waals surface area contributed by atoms with Gasteiger partial charge in [0.1, 0.15) is 4.90 Å². The number of hydrogen-bond acceptors (Lipinski definition) is 3. The maximum Gasteiger partial charge on any atom is 0.263 e. The van der Waals surface area contributed by atoms with E-state index in [1.165, 1.54) is 29.3 Å². The Kier molecular flexibility index (Phi) is 7.59. The molecule has 0 fully saturated rings. The van der Waals surface area contributed by atoms with Crippen molar-refractivity contribution in [2.75, 3.05) is 4.72 Å². The van der Waals surface area contributed by atoms with Gasteiger partial charge < -0.3 is 5.32 Å². The maximum absolute atomic E-state index is 12.9. The van der Waals surface area contributed by atoms with Crippen molar-refractivity contribution >= 4 is 33.2 Å². The molecule has 1 amide bonds. The number of benzene rings is 3. The molecule has 2 N–H and O–H groups in total. The zero-order valence-corrected chi connectivity index (χ0v) is 20.0. The fourth-order valence-electron chi connectivity index (χ4n) is 3.46. The van der Waals surface area contributed by atoms with Crippen LogP contribution in [0.4, 0.5) is 5.69 Å². The van der Waals surface area contributed by atoms with E-state index < -0.39 is 10.0 Å². The van der Waals surface area contributed by atoms with E-state index in [0.29, 0.717) is 12.2 Å². The highest BCUT2D eigenvalue weighted by Gasteiger charge is 2.20. The van der Waals surface area contributed by atoms with Gasteiger partial charge in [-0.1, -0.05) is 55.8 Å². The van der Waals surface area contributed by atoms with Crippen molar-refractivity contribution in [1.29, 1.82) is 0 Å². The topological polar surface area (TPSA) is 75.3 Å². The summed E-state index contributed by atoms with van der Waals surface area (Å²) in [7, 11) is -3.97. The van der Waals surface area contributed by atoms with E-state index in [1.54, 1.807) is 18.2 Å². The van der Waals surface area contributed by atoms with E-state index in [4.69, 9.17) is 11.6 Å². The van der Waals surface area contributed by atoms with Crippen LogP contribution in [0.1, 0.15) is 46.5 Å². The van der Waals surface area contributed by atoms with Gasteiger partial charge in [0.25, 0.3) is 15.9 Å². The first kappa shape index (κ1) is 23.8. The van der Waals surface area contributed by atoms with Gasteiger partial charge in [-0.3, -0.25) is 9.52 Å². The zero-order valence-electron chi connectivity index (χ0n) is 18.4. The normalized spacial score (nSPS) is 11.2. The van der Waals surface area contributed by atoms with E-state index in [0.717, 1.165) is 24.0 Å². The number of aryl methyl sites for hydroxylation is 3. The Labute approximate surface area is 194 Å². The average molecular weight is 471 g/mol. The van der Waals surface area contributed by atoms with Crippen LogP contribution in [0.2, 0.25) is 5.02 Å². The Hall–Kier alpha value is -2.83. The van der Waals surface area contributed by atoms with Crippen molar-refractivity contribution in [3.63, 3.8) is 0 Å². The van der Waals surface area contributed by atoms with Crippen LogP contribution in [-0.2, 0) is 29.4 Å². The summed E-state index contributed by atoms with van der Waals surface area (Å²) in [6.45, 7) is 6.39. The molecule has 0 aromatic heterocycles. The number of nitrogens with one attached hydrogen (secondary N) is 2. The van der Waals surface area contributed by atoms with Crippen LogP contribution in [0, 0.1) is 6.92 Å². The minimum absolute atomic E-state index is 0.0469. The van der Waals surface area contributed by atoms with Crippen molar-refractivity contribution in [3.8, 4) is 0 Å². The third kappa shape index (κ3) is 5.69. The van der Waals surface area contributed by atoms with Crippen LogP contribution >= 0.6 is 11.6 Å². The second kappa shape index (κ2) is 10.2. The first-order chi connectivity index (χ1) is 15.2. The number of carbonyl (C=O) groups is 1. The van der Waals surface area contributed by atoms with Gasteiger partial charge in [-0.15, -0.1) is 0 Å². The van der Waals surface area contributed by atoms with E-state index in [-0.39, 0.29) is 21.4 Å². The van der Waals surface area contributed by atoms with Crippen molar-refractivity contribution in [3.05, 3.63) is 93.5 Å². The number of amides is 1. The molecule has 0 saturated carbocycles. The third-order valence-electron chi connectivity index (χ3n) is 5.25. The summed E-state index contributed by atoms with van der Waals surface area (Å²) < 4.78 is 28.4. The quantitative estimate of drug-likeness (QED) is 0.456. The van der Waals surface area contributed by atoms with Crippen molar-refractivity contribution < 1.29 is 13.2 Å². The molecule has 0 radical (unpaired) electrons. The summed E-state index contributed by atoms with van der Waals surface area (Å²) in [6, 6.07) is 17.5. The lowest BCUT2D eigenvalue weighted by atomic mass is 10.0. The smallest absolute Gasteiger partial charge is 0.263 e. The van der Waals surface area contributed by atoms with Gasteiger partial charge in [0.2, 0.25) is 0 Å². The lowest BCUT2D eigenvalue weighted by Gasteiger charge is -2.13. The number of halogens is 1. The minimum Gasteiger partial charge on any atom is -0.348 e. The summed E-state index contributed by atoms with van der Waals surface area (Å²) >= 11 is 6.18. The number of carbonyl (C=O) groups excluding carboxylic acids is 1. The van der Waals surface area contributed by atoms with E-state index >= 15 is 0 Å². The Bertz CT molecular complexity index is 1240. The van der Waals surface area contributed by atoms with E-state index in [9.17, 15) is 13.2 Å². The van der Waals surface area contributed by atoms with Crippen molar-refractivity contribution in [2.45, 2.75) is 45.1 Å². The maximum atomic E-state index is 12.9. The molecule has 0 saturated heterocycles. The Balaban J connectivity index is 1.81. The third-order valence-corrected chi connectivity index (χ3v) is 7.12. The molecule has 32 heavy (non-hydrogen) atoms. The van der Waals surface area contributed by atoms with Gasteiger partial charge in [-0.2, -0.15) is 0 Å². The molecule has 0 aliphatic rings. The van der Waals surface area contributed by atoms with Gasteiger partial charge in [-0.25, -0.2) is 8.42 Å². The highest BCUT2D eigenvalue weighted by molar-refractivity contribution is 7.92. The molecule has 0 heterocycles. The lowest BCUT2D eigenvalue weighted by molar-refractivity contribution is 0.0950. The molecule has 3 rings (SSSR count). The predicted molar refractivity (Wildman–Crippen MR) is 130 cm³/mol. The molecule has 7 heteroatoms. The molecule has 0 aliphatic heterocycles. The Morgan fingerprint density at radius 1 is 0.938 bits per heavy atom. The van der Waals surface area contributed by atoms with Gasteiger partial charge in [0, 0.05) is 17.8 Å². The van der Waals surface area contributed by atoms with Crippen LogP contribution in [-0.4, -0.2) is 14.3 Å². The predicted octanol–water partition coefficient (Wildman–Crippen LogP) is 5.50. The van der Waals surface area contributed by atoms with E-state index in [2.05, 4.69) is 42.1 Å². The van der Waals surface area contributed by atoms with Crippen LogP contribution in [0.15, 0.2) is 65.6 Å². The largest absolute Gasteiger partial charge is 0.348 e. The fraction of sp³-hybridized carbons (Fsp3) is 0.240. The van der Waals surface area contributed by atoms with Crippen molar-refractivity contribution in [2.24, 2.45) is 0 Å². The van der Waals surface area contributed by atoms with Gasteiger partial charge >= 0.3 is 0 Å². The molecule has 5 nitrogen and oxygen atoms in total. The molecular formula is C25H27ClN2O3S. The van der Waals surface area contributed by atoms with Gasteiger partial charge in [-0.05, 0) is 72.4 Å². The van der Waals surface area contributed by atoms with Crippen LogP contribution < -0.4 is 10.0 Å². The molecule has 3 aromatic rings. The fourth-order valence-corrected chi connectivity index (χ4v) is 5.03. The summed E-state index contributed by atoms with van der Waals surface area (Å²) in [6.07, 6.45) is 1.78.